The van der Waals surface area contributed by atoms with Gasteiger partial charge in [0, 0.05) is 23.2 Å². The van der Waals surface area contributed by atoms with Crippen LogP contribution in [-0.4, -0.2) is 15.7 Å². The second-order valence-corrected chi connectivity index (χ2v) is 8.54. The van der Waals surface area contributed by atoms with Crippen LogP contribution in [0, 0.1) is 15.9 Å². The summed E-state index contributed by atoms with van der Waals surface area (Å²) < 4.78 is 19.9. The van der Waals surface area contributed by atoms with Crippen molar-refractivity contribution < 1.29 is 18.5 Å². The van der Waals surface area contributed by atoms with E-state index in [2.05, 4.69) is 15.9 Å². The molecule has 1 aliphatic rings. The third kappa shape index (κ3) is 3.60. The molecule has 3 aromatic carbocycles. The Hall–Kier alpha value is -3.85. The molecule has 0 fully saturated rings. The van der Waals surface area contributed by atoms with Crippen molar-refractivity contribution in [3.05, 3.63) is 120 Å². The molecule has 33 heavy (non-hydrogen) atoms. The van der Waals surface area contributed by atoms with Gasteiger partial charge in [-0.25, -0.2) is 4.39 Å². The largest absolute Gasteiger partial charge is 0.450 e. The average Bonchev–Trinajstić information content (AvgIpc) is 3.08. The van der Waals surface area contributed by atoms with Crippen LogP contribution in [0.15, 0.2) is 80.4 Å². The lowest BCUT2D eigenvalue weighted by Crippen LogP contribution is -2.29. The Morgan fingerprint density at radius 1 is 1.03 bits per heavy atom. The van der Waals surface area contributed by atoms with E-state index in [0.717, 1.165) is 0 Å². The zero-order chi connectivity index (χ0) is 23.3. The highest BCUT2D eigenvalue weighted by Crippen LogP contribution is 2.39. The number of carbonyl (C=O) groups excluding carboxylic acids is 1. The zero-order valence-electron chi connectivity index (χ0n) is 16.8. The third-order valence-electron chi connectivity index (χ3n) is 5.61. The van der Waals surface area contributed by atoms with Gasteiger partial charge >= 0.3 is 0 Å². The van der Waals surface area contributed by atoms with Gasteiger partial charge in [-0.1, -0.05) is 28.1 Å². The number of carbonyl (C=O) groups is 1. The maximum Gasteiger partial charge on any atom is 0.291 e. The molecule has 5 rings (SSSR count). The number of non-ortho nitro benzene ring substituents is 1. The molecule has 0 radical (unpaired) electrons. The van der Waals surface area contributed by atoms with Gasteiger partial charge in [-0.2, -0.15) is 0 Å². The van der Waals surface area contributed by atoms with Gasteiger partial charge in [0.1, 0.15) is 11.4 Å². The molecule has 9 heteroatoms. The fourth-order valence-corrected chi connectivity index (χ4v) is 4.43. The Bertz CT molecular complexity index is 1480. The molecule has 2 heterocycles. The minimum absolute atomic E-state index is 0.0692. The molecule has 1 amide bonds. The molecule has 1 aliphatic heterocycles. The highest BCUT2D eigenvalue weighted by Gasteiger charge is 2.42. The molecular weight excluding hydrogens is 495 g/mol. The smallest absolute Gasteiger partial charge is 0.291 e. The normalized spacial score (nSPS) is 15.2. The summed E-state index contributed by atoms with van der Waals surface area (Å²) >= 11 is 3.35. The van der Waals surface area contributed by atoms with E-state index in [9.17, 15) is 24.1 Å². The molecule has 0 saturated carbocycles. The van der Waals surface area contributed by atoms with E-state index in [4.69, 9.17) is 4.42 Å². The third-order valence-corrected chi connectivity index (χ3v) is 6.11. The van der Waals surface area contributed by atoms with Crippen molar-refractivity contribution in [2.45, 2.75) is 12.6 Å². The Labute approximate surface area is 194 Å². The van der Waals surface area contributed by atoms with Gasteiger partial charge in [0.05, 0.1) is 21.9 Å². The van der Waals surface area contributed by atoms with Crippen LogP contribution < -0.4 is 5.43 Å². The number of nitro groups is 1. The summed E-state index contributed by atoms with van der Waals surface area (Å²) in [4.78, 5) is 38.9. The molecule has 0 aliphatic carbocycles. The average molecular weight is 509 g/mol. The van der Waals surface area contributed by atoms with Gasteiger partial charge in [-0.15, -0.1) is 0 Å². The van der Waals surface area contributed by atoms with E-state index >= 15 is 0 Å². The Kier molecular flexibility index (Phi) is 5.05. The monoisotopic (exact) mass is 508 g/mol. The highest BCUT2D eigenvalue weighted by atomic mass is 79.9. The molecule has 0 spiro atoms. The first kappa shape index (κ1) is 21.0. The summed E-state index contributed by atoms with van der Waals surface area (Å²) in [5.41, 5.74) is 1.16. The fourth-order valence-electron chi connectivity index (χ4n) is 4.07. The summed E-state index contributed by atoms with van der Waals surface area (Å²) in [5.74, 6) is -0.963. The Morgan fingerprint density at radius 2 is 1.73 bits per heavy atom. The highest BCUT2D eigenvalue weighted by molar-refractivity contribution is 9.10. The standard InChI is InChI=1S/C24H14BrFN2O5/c25-15-5-10-19-18(11-15)22(29)20-21(14-3-8-17(9-4-14)28(31)32)27(24(30)23(20)33-19)12-13-1-6-16(26)7-2-13/h1-11,21H,12H2. The van der Waals surface area contributed by atoms with Crippen molar-refractivity contribution >= 4 is 38.5 Å². The summed E-state index contributed by atoms with van der Waals surface area (Å²) in [5, 5.41) is 11.4. The maximum atomic E-state index is 13.5. The van der Waals surface area contributed by atoms with Gasteiger partial charge in [0.2, 0.25) is 5.76 Å². The van der Waals surface area contributed by atoms with Crippen LogP contribution in [0.2, 0.25) is 0 Å². The summed E-state index contributed by atoms with van der Waals surface area (Å²) in [6.07, 6.45) is 0. The Balaban J connectivity index is 1.70. The molecule has 1 unspecified atom stereocenters. The van der Waals surface area contributed by atoms with E-state index in [1.807, 2.05) is 0 Å². The van der Waals surface area contributed by atoms with Gasteiger partial charge in [0.15, 0.2) is 5.43 Å². The lowest BCUT2D eigenvalue weighted by Gasteiger charge is -2.25. The predicted molar refractivity (Wildman–Crippen MR) is 121 cm³/mol. The minimum Gasteiger partial charge on any atom is -0.450 e. The van der Waals surface area contributed by atoms with Crippen molar-refractivity contribution in [2.24, 2.45) is 0 Å². The van der Waals surface area contributed by atoms with Crippen molar-refractivity contribution in [1.29, 1.82) is 0 Å². The molecule has 1 atom stereocenters. The molecule has 7 nitrogen and oxygen atoms in total. The number of nitro benzene ring substituents is 1. The summed E-state index contributed by atoms with van der Waals surface area (Å²) in [6, 6.07) is 15.5. The molecule has 0 saturated heterocycles. The van der Waals surface area contributed by atoms with Crippen LogP contribution in [-0.2, 0) is 6.54 Å². The van der Waals surface area contributed by atoms with E-state index in [0.29, 0.717) is 21.0 Å². The van der Waals surface area contributed by atoms with Crippen molar-refractivity contribution in [3.63, 3.8) is 0 Å². The zero-order valence-corrected chi connectivity index (χ0v) is 18.4. The van der Waals surface area contributed by atoms with Gasteiger partial charge in [0.25, 0.3) is 11.6 Å². The van der Waals surface area contributed by atoms with E-state index in [1.165, 1.54) is 41.3 Å². The van der Waals surface area contributed by atoms with Crippen LogP contribution in [0.1, 0.15) is 33.3 Å². The summed E-state index contributed by atoms with van der Waals surface area (Å²) in [6.45, 7) is 0.0877. The number of hydrogen-bond donors (Lipinski definition) is 0. The first-order valence-electron chi connectivity index (χ1n) is 9.89. The topological polar surface area (TPSA) is 93.7 Å². The van der Waals surface area contributed by atoms with E-state index in [-0.39, 0.29) is 34.6 Å². The number of benzene rings is 3. The van der Waals surface area contributed by atoms with Crippen molar-refractivity contribution in [2.75, 3.05) is 0 Å². The summed E-state index contributed by atoms with van der Waals surface area (Å²) in [7, 11) is 0. The Morgan fingerprint density at radius 3 is 2.39 bits per heavy atom. The number of rotatable bonds is 4. The van der Waals surface area contributed by atoms with Crippen molar-refractivity contribution in [1.82, 2.24) is 4.90 Å². The van der Waals surface area contributed by atoms with Crippen LogP contribution in [0.3, 0.4) is 0 Å². The van der Waals surface area contributed by atoms with E-state index < -0.39 is 22.7 Å². The predicted octanol–water partition coefficient (Wildman–Crippen LogP) is 5.35. The first-order chi connectivity index (χ1) is 15.8. The second-order valence-electron chi connectivity index (χ2n) is 7.63. The number of hydrogen-bond acceptors (Lipinski definition) is 5. The SMILES string of the molecule is O=C1c2oc3ccc(Br)cc3c(=O)c2C(c2ccc([N+](=O)[O-])cc2)N1Cc1ccc(F)cc1. The fraction of sp³-hybridized carbons (Fsp3) is 0.0833. The lowest BCUT2D eigenvalue weighted by molar-refractivity contribution is -0.384. The quantitative estimate of drug-likeness (QED) is 0.273. The molecule has 0 bridgehead atoms. The second kappa shape index (κ2) is 7.93. The van der Waals surface area contributed by atoms with Gasteiger partial charge in [-0.3, -0.25) is 19.7 Å². The lowest BCUT2D eigenvalue weighted by atomic mass is 9.98. The molecule has 0 N–H and O–H groups in total. The number of halogens is 2. The van der Waals surface area contributed by atoms with Crippen LogP contribution in [0.4, 0.5) is 10.1 Å². The number of nitrogens with zero attached hydrogens (tertiary/aromatic N) is 2. The van der Waals surface area contributed by atoms with Gasteiger partial charge in [-0.05, 0) is 53.6 Å². The van der Waals surface area contributed by atoms with Gasteiger partial charge < -0.3 is 9.32 Å². The molecular formula is C24H14BrFN2O5. The van der Waals surface area contributed by atoms with Crippen LogP contribution >= 0.6 is 15.9 Å². The molecule has 4 aromatic rings. The number of fused-ring (bicyclic) bond motifs is 2. The maximum absolute atomic E-state index is 13.5. The van der Waals surface area contributed by atoms with Crippen LogP contribution in [0.25, 0.3) is 11.0 Å². The van der Waals surface area contributed by atoms with Crippen molar-refractivity contribution in [3.8, 4) is 0 Å². The number of amides is 1. The molecule has 164 valence electrons. The molecule has 1 aromatic heterocycles. The first-order valence-corrected chi connectivity index (χ1v) is 10.7. The minimum atomic E-state index is -0.821. The van der Waals surface area contributed by atoms with Crippen LogP contribution in [0.5, 0.6) is 0 Å². The van der Waals surface area contributed by atoms with E-state index in [1.54, 1.807) is 30.3 Å².